The molecule has 1 aromatic heterocycles. The molecule has 0 fully saturated rings. The molecule has 0 saturated carbocycles. The lowest BCUT2D eigenvalue weighted by molar-refractivity contribution is 0.0544. The number of hydrogen-bond donors (Lipinski definition) is 0. The van der Waals surface area contributed by atoms with Crippen molar-refractivity contribution in [2.75, 3.05) is 0 Å². The van der Waals surface area contributed by atoms with Crippen molar-refractivity contribution in [3.63, 3.8) is 0 Å². The van der Waals surface area contributed by atoms with Crippen molar-refractivity contribution in [1.29, 1.82) is 0 Å². The number of carbonyl (C=O) groups excluding carboxylic acids is 1. The van der Waals surface area contributed by atoms with E-state index in [1.165, 1.54) is 4.57 Å². The highest BCUT2D eigenvalue weighted by Crippen LogP contribution is 2.22. The molecule has 0 radical (unpaired) electrons. The second kappa shape index (κ2) is 4.18. The first-order valence-corrected chi connectivity index (χ1v) is 6.16. The summed E-state index contributed by atoms with van der Waals surface area (Å²) in [5.41, 5.74) is 0.355. The minimum absolute atomic E-state index is 0.356. The first-order chi connectivity index (χ1) is 7.87. The van der Waals surface area contributed by atoms with Crippen LogP contribution in [0.2, 0.25) is 0 Å². The Kier molecular flexibility index (Phi) is 3.00. The van der Waals surface area contributed by atoms with Gasteiger partial charge in [-0.2, -0.15) is 0 Å². The molecule has 1 heterocycles. The lowest BCUT2D eigenvalue weighted by Gasteiger charge is -2.19. The van der Waals surface area contributed by atoms with Crippen molar-refractivity contribution in [3.05, 3.63) is 34.9 Å². The Morgan fingerprint density at radius 1 is 1.29 bits per heavy atom. The van der Waals surface area contributed by atoms with Gasteiger partial charge in [-0.15, -0.1) is 0 Å². The molecule has 1 aromatic carbocycles. The van der Waals surface area contributed by atoms with Crippen LogP contribution in [0.15, 0.2) is 34.9 Å². The van der Waals surface area contributed by atoms with Gasteiger partial charge >= 0.3 is 6.09 Å². The van der Waals surface area contributed by atoms with Crippen molar-refractivity contribution in [3.8, 4) is 0 Å². The number of hydrogen-bond acceptors (Lipinski definition) is 2. The van der Waals surface area contributed by atoms with Gasteiger partial charge in [-0.1, -0.05) is 22.0 Å². The van der Waals surface area contributed by atoms with E-state index in [-0.39, 0.29) is 6.09 Å². The molecule has 0 spiro atoms. The van der Waals surface area contributed by atoms with Gasteiger partial charge in [0.15, 0.2) is 0 Å². The summed E-state index contributed by atoms with van der Waals surface area (Å²) in [5, 5.41) is 1.01. The van der Waals surface area contributed by atoms with Gasteiger partial charge < -0.3 is 4.74 Å². The van der Waals surface area contributed by atoms with E-state index in [0.29, 0.717) is 0 Å². The Morgan fingerprint density at radius 2 is 2.00 bits per heavy atom. The monoisotopic (exact) mass is 295 g/mol. The fourth-order valence-corrected chi connectivity index (χ4v) is 1.92. The van der Waals surface area contributed by atoms with Crippen LogP contribution in [0.3, 0.4) is 0 Å². The van der Waals surface area contributed by atoms with Crippen LogP contribution in [0.25, 0.3) is 10.9 Å². The van der Waals surface area contributed by atoms with E-state index in [1.54, 1.807) is 6.20 Å². The maximum Gasteiger partial charge on any atom is 0.418 e. The molecule has 0 bridgehead atoms. The van der Waals surface area contributed by atoms with Gasteiger partial charge in [0.1, 0.15) is 5.60 Å². The molecule has 0 amide bonds. The Balaban J connectivity index is 2.42. The molecule has 17 heavy (non-hydrogen) atoms. The minimum atomic E-state index is -0.486. The van der Waals surface area contributed by atoms with Crippen molar-refractivity contribution in [2.24, 2.45) is 0 Å². The zero-order valence-corrected chi connectivity index (χ0v) is 11.6. The predicted octanol–water partition coefficient (Wildman–Crippen LogP) is 4.19. The number of ether oxygens (including phenoxy) is 1. The van der Waals surface area contributed by atoms with Crippen LogP contribution in [0.4, 0.5) is 4.79 Å². The first-order valence-electron chi connectivity index (χ1n) is 5.37. The van der Waals surface area contributed by atoms with Crippen LogP contribution < -0.4 is 0 Å². The molecule has 0 unspecified atom stereocenters. The van der Waals surface area contributed by atoms with Gasteiger partial charge in [-0.3, -0.25) is 4.57 Å². The highest BCUT2D eigenvalue weighted by molar-refractivity contribution is 9.10. The molecule has 3 nitrogen and oxygen atoms in total. The van der Waals surface area contributed by atoms with Gasteiger partial charge in [0.05, 0.1) is 5.52 Å². The lowest BCUT2D eigenvalue weighted by atomic mass is 10.2. The maximum absolute atomic E-state index is 12.0. The van der Waals surface area contributed by atoms with E-state index in [9.17, 15) is 4.79 Å². The standard InChI is InChI=1S/C13H14BrNO2/c1-13(2,3)17-12(16)15-7-6-9-4-5-10(14)8-11(9)15/h4-8H,1-3H3. The fourth-order valence-electron chi connectivity index (χ4n) is 1.57. The van der Waals surface area contributed by atoms with E-state index in [0.717, 1.165) is 15.4 Å². The molecule has 2 rings (SSSR count). The summed E-state index contributed by atoms with van der Waals surface area (Å²) in [7, 11) is 0. The quantitative estimate of drug-likeness (QED) is 0.730. The Morgan fingerprint density at radius 3 is 2.65 bits per heavy atom. The summed E-state index contributed by atoms with van der Waals surface area (Å²) in [6, 6.07) is 7.70. The summed E-state index contributed by atoms with van der Waals surface area (Å²) in [6.45, 7) is 5.56. The third-order valence-electron chi connectivity index (χ3n) is 2.25. The molecule has 0 aliphatic carbocycles. The number of halogens is 1. The molecule has 0 atom stereocenters. The normalized spacial score (nSPS) is 11.8. The molecule has 0 N–H and O–H groups in total. The van der Waals surface area contributed by atoms with Crippen LogP contribution >= 0.6 is 15.9 Å². The second-order valence-electron chi connectivity index (χ2n) is 4.87. The topological polar surface area (TPSA) is 31.2 Å². The zero-order chi connectivity index (χ0) is 12.6. The summed E-state index contributed by atoms with van der Waals surface area (Å²) >= 11 is 3.40. The number of rotatable bonds is 0. The van der Waals surface area contributed by atoms with Crippen molar-refractivity contribution < 1.29 is 9.53 Å². The third kappa shape index (κ3) is 2.69. The van der Waals surface area contributed by atoms with Gasteiger partial charge in [-0.25, -0.2) is 4.79 Å². The Bertz CT molecular complexity index is 566. The Labute approximate surface area is 108 Å². The van der Waals surface area contributed by atoms with Crippen LogP contribution in [0, 0.1) is 0 Å². The molecular formula is C13H14BrNO2. The number of nitrogens with zero attached hydrogens (tertiary/aromatic N) is 1. The van der Waals surface area contributed by atoms with E-state index < -0.39 is 5.60 Å². The minimum Gasteiger partial charge on any atom is -0.443 e. The summed E-state index contributed by atoms with van der Waals surface area (Å²) < 4.78 is 7.80. The molecule has 2 aromatic rings. The predicted molar refractivity (Wildman–Crippen MR) is 71.3 cm³/mol. The van der Waals surface area contributed by atoms with Gasteiger partial charge in [0, 0.05) is 16.1 Å². The molecule has 4 heteroatoms. The van der Waals surface area contributed by atoms with E-state index in [1.807, 2.05) is 45.0 Å². The average molecular weight is 296 g/mol. The maximum atomic E-state index is 12.0. The van der Waals surface area contributed by atoms with Crippen molar-refractivity contribution in [1.82, 2.24) is 4.57 Å². The summed E-state index contributed by atoms with van der Waals surface area (Å²) in [6.07, 6.45) is 1.37. The van der Waals surface area contributed by atoms with Crippen LogP contribution in [0.5, 0.6) is 0 Å². The lowest BCUT2D eigenvalue weighted by Crippen LogP contribution is -2.26. The number of carbonyl (C=O) groups is 1. The van der Waals surface area contributed by atoms with Crippen molar-refractivity contribution in [2.45, 2.75) is 26.4 Å². The molecular weight excluding hydrogens is 282 g/mol. The number of fused-ring (bicyclic) bond motifs is 1. The third-order valence-corrected chi connectivity index (χ3v) is 2.74. The van der Waals surface area contributed by atoms with Crippen molar-refractivity contribution >= 4 is 32.9 Å². The molecule has 0 saturated heterocycles. The summed E-state index contributed by atoms with van der Waals surface area (Å²) in [4.78, 5) is 12.0. The van der Waals surface area contributed by atoms with Gasteiger partial charge in [0.2, 0.25) is 0 Å². The van der Waals surface area contributed by atoms with Crippen LogP contribution in [0.1, 0.15) is 20.8 Å². The first kappa shape index (κ1) is 12.2. The fraction of sp³-hybridized carbons (Fsp3) is 0.308. The van der Waals surface area contributed by atoms with Gasteiger partial charge in [0.25, 0.3) is 0 Å². The summed E-state index contributed by atoms with van der Waals surface area (Å²) in [5.74, 6) is 0. The highest BCUT2D eigenvalue weighted by Gasteiger charge is 2.18. The highest BCUT2D eigenvalue weighted by atomic mass is 79.9. The largest absolute Gasteiger partial charge is 0.443 e. The Hall–Kier alpha value is -1.29. The smallest absolute Gasteiger partial charge is 0.418 e. The average Bonchev–Trinajstić information content (AvgIpc) is 2.57. The second-order valence-corrected chi connectivity index (χ2v) is 5.78. The van der Waals surface area contributed by atoms with Crippen LogP contribution in [-0.2, 0) is 4.74 Å². The zero-order valence-electron chi connectivity index (χ0n) is 10.0. The van der Waals surface area contributed by atoms with Crippen LogP contribution in [-0.4, -0.2) is 16.3 Å². The molecule has 0 aliphatic rings. The number of aromatic nitrogens is 1. The molecule has 0 aliphatic heterocycles. The van der Waals surface area contributed by atoms with Gasteiger partial charge in [-0.05, 0) is 39.0 Å². The van der Waals surface area contributed by atoms with E-state index in [4.69, 9.17) is 4.74 Å². The molecule has 90 valence electrons. The SMILES string of the molecule is CC(C)(C)OC(=O)n1ccc2ccc(Br)cc21. The van der Waals surface area contributed by atoms with E-state index in [2.05, 4.69) is 15.9 Å². The van der Waals surface area contributed by atoms with E-state index >= 15 is 0 Å². The number of benzene rings is 1.